The molecule has 0 aliphatic carbocycles. The molecule has 1 heterocycles. The zero-order valence-corrected chi connectivity index (χ0v) is 14.4. The summed E-state index contributed by atoms with van der Waals surface area (Å²) in [6.07, 6.45) is 1.56. The molecule has 3 aromatic carbocycles. The minimum Gasteiger partial charge on any atom is -0.486 e. The lowest BCUT2D eigenvalue weighted by molar-refractivity contribution is 0.290. The Bertz CT molecular complexity index is 1160. The molecule has 0 fully saturated rings. The zero-order valence-electron chi connectivity index (χ0n) is 14.4. The van der Waals surface area contributed by atoms with E-state index in [9.17, 15) is 17.6 Å². The van der Waals surface area contributed by atoms with Crippen LogP contribution in [-0.4, -0.2) is 4.98 Å². The number of hydrogen-bond donors (Lipinski definition) is 0. The van der Waals surface area contributed by atoms with Crippen LogP contribution in [0.4, 0.5) is 17.6 Å². The third kappa shape index (κ3) is 3.07. The van der Waals surface area contributed by atoms with E-state index in [2.05, 4.69) is 4.98 Å². The highest BCUT2D eigenvalue weighted by molar-refractivity contribution is 5.84. The molecule has 0 saturated carbocycles. The normalized spacial score (nSPS) is 11.0. The van der Waals surface area contributed by atoms with E-state index >= 15 is 0 Å². The second kappa shape index (κ2) is 7.31. The number of ether oxygens (including phenoxy) is 1. The first-order chi connectivity index (χ1) is 13.6. The molecular formula is C22H13F4NO. The second-order valence-corrected chi connectivity index (χ2v) is 6.10. The van der Waals surface area contributed by atoms with Crippen molar-refractivity contribution in [2.75, 3.05) is 0 Å². The summed E-state index contributed by atoms with van der Waals surface area (Å²) in [4.78, 5) is 4.19. The first-order valence-electron chi connectivity index (χ1n) is 8.44. The summed E-state index contributed by atoms with van der Waals surface area (Å²) >= 11 is 0. The number of pyridine rings is 1. The molecular weight excluding hydrogens is 370 g/mol. The summed E-state index contributed by atoms with van der Waals surface area (Å²) in [5.41, 5.74) is -0.721. The minimum absolute atomic E-state index is 0.101. The Hall–Kier alpha value is -3.41. The van der Waals surface area contributed by atoms with Gasteiger partial charge in [-0.2, -0.15) is 0 Å². The number of hydrogen-bond acceptors (Lipinski definition) is 2. The summed E-state index contributed by atoms with van der Waals surface area (Å²) in [6.45, 7) is -0.621. The van der Waals surface area contributed by atoms with Crippen molar-refractivity contribution in [2.45, 2.75) is 6.61 Å². The summed E-state index contributed by atoms with van der Waals surface area (Å²) in [5, 5.41) is 0.774. The number of benzene rings is 3. The molecule has 140 valence electrons. The van der Waals surface area contributed by atoms with E-state index in [4.69, 9.17) is 4.74 Å². The van der Waals surface area contributed by atoms with Crippen LogP contribution in [0.15, 0.2) is 66.9 Å². The molecule has 28 heavy (non-hydrogen) atoms. The average molecular weight is 383 g/mol. The highest BCUT2D eigenvalue weighted by Crippen LogP contribution is 2.33. The molecule has 0 N–H and O–H groups in total. The van der Waals surface area contributed by atoms with Crippen LogP contribution < -0.4 is 4.74 Å². The number of rotatable bonds is 4. The van der Waals surface area contributed by atoms with Crippen molar-refractivity contribution in [2.24, 2.45) is 0 Å². The quantitative estimate of drug-likeness (QED) is 0.244. The molecule has 4 rings (SSSR count). The molecule has 6 heteroatoms. The molecule has 0 aliphatic rings. The second-order valence-electron chi connectivity index (χ2n) is 6.10. The van der Waals surface area contributed by atoms with Crippen molar-refractivity contribution < 1.29 is 22.3 Å². The largest absolute Gasteiger partial charge is 0.486 e. The fourth-order valence-electron chi connectivity index (χ4n) is 3.01. The Morgan fingerprint density at radius 1 is 0.714 bits per heavy atom. The Labute approximate surface area is 158 Å². The van der Waals surface area contributed by atoms with Gasteiger partial charge in [0.25, 0.3) is 0 Å². The van der Waals surface area contributed by atoms with Crippen LogP contribution in [0.25, 0.3) is 22.0 Å². The third-order valence-electron chi connectivity index (χ3n) is 4.38. The molecule has 0 unspecified atom stereocenters. The summed E-state index contributed by atoms with van der Waals surface area (Å²) < 4.78 is 63.1. The summed E-state index contributed by atoms with van der Waals surface area (Å²) in [7, 11) is 0. The van der Waals surface area contributed by atoms with Gasteiger partial charge in [0, 0.05) is 11.6 Å². The smallest absolute Gasteiger partial charge is 0.195 e. The van der Waals surface area contributed by atoms with Crippen LogP contribution in [0.2, 0.25) is 0 Å². The Morgan fingerprint density at radius 2 is 1.46 bits per heavy atom. The van der Waals surface area contributed by atoms with Crippen molar-refractivity contribution >= 4 is 10.9 Å². The number of para-hydroxylation sites is 1. The van der Waals surface area contributed by atoms with Gasteiger partial charge in [-0.15, -0.1) is 0 Å². The van der Waals surface area contributed by atoms with Crippen LogP contribution in [-0.2, 0) is 6.61 Å². The standard InChI is InChI=1S/C22H13F4NO/c23-18-15(12-28-16-10-4-8-14-9-5-11-27-22(14)16)19(24)21(26)20(25)17(18)13-6-2-1-3-7-13/h1-11H,12H2. The molecule has 0 spiro atoms. The van der Waals surface area contributed by atoms with Gasteiger partial charge in [0.1, 0.15) is 23.7 Å². The average Bonchev–Trinajstić information content (AvgIpc) is 2.73. The van der Waals surface area contributed by atoms with Gasteiger partial charge in [0.15, 0.2) is 17.5 Å². The van der Waals surface area contributed by atoms with Crippen molar-refractivity contribution in [1.82, 2.24) is 4.98 Å². The molecule has 0 bridgehead atoms. The van der Waals surface area contributed by atoms with Crippen LogP contribution in [0, 0.1) is 23.3 Å². The van der Waals surface area contributed by atoms with Crippen molar-refractivity contribution in [3.63, 3.8) is 0 Å². The van der Waals surface area contributed by atoms with Gasteiger partial charge in [-0.05, 0) is 17.7 Å². The summed E-state index contributed by atoms with van der Waals surface area (Å²) in [6, 6.07) is 16.2. The van der Waals surface area contributed by atoms with E-state index in [0.29, 0.717) is 5.52 Å². The molecule has 0 atom stereocenters. The van der Waals surface area contributed by atoms with Crippen molar-refractivity contribution in [3.05, 3.63) is 95.7 Å². The van der Waals surface area contributed by atoms with Gasteiger partial charge >= 0.3 is 0 Å². The lowest BCUT2D eigenvalue weighted by Crippen LogP contribution is -2.09. The number of halogens is 4. The van der Waals surface area contributed by atoms with Gasteiger partial charge in [-0.1, -0.05) is 48.5 Å². The predicted octanol–water partition coefficient (Wildman–Crippen LogP) is 6.04. The van der Waals surface area contributed by atoms with E-state index in [1.165, 1.54) is 12.1 Å². The van der Waals surface area contributed by atoms with Gasteiger partial charge in [0.05, 0.1) is 11.1 Å². The van der Waals surface area contributed by atoms with Crippen LogP contribution in [0.1, 0.15) is 5.56 Å². The van der Waals surface area contributed by atoms with Gasteiger partial charge < -0.3 is 4.74 Å². The van der Waals surface area contributed by atoms with Crippen LogP contribution in [0.3, 0.4) is 0 Å². The van der Waals surface area contributed by atoms with Crippen molar-refractivity contribution in [3.8, 4) is 16.9 Å². The van der Waals surface area contributed by atoms with E-state index in [-0.39, 0.29) is 11.3 Å². The maximum Gasteiger partial charge on any atom is 0.195 e. The molecule has 4 aromatic rings. The molecule has 0 amide bonds. The zero-order chi connectivity index (χ0) is 19.7. The molecule has 0 saturated heterocycles. The van der Waals surface area contributed by atoms with E-state index in [1.807, 2.05) is 0 Å². The fourth-order valence-corrected chi connectivity index (χ4v) is 3.01. The molecule has 0 aliphatic heterocycles. The maximum absolute atomic E-state index is 14.9. The summed E-state index contributed by atoms with van der Waals surface area (Å²) in [5.74, 6) is -5.84. The minimum atomic E-state index is -1.74. The fraction of sp³-hybridized carbons (Fsp3) is 0.0455. The third-order valence-corrected chi connectivity index (χ3v) is 4.38. The van der Waals surface area contributed by atoms with Crippen molar-refractivity contribution in [1.29, 1.82) is 0 Å². The highest BCUT2D eigenvalue weighted by atomic mass is 19.2. The predicted molar refractivity (Wildman–Crippen MR) is 97.8 cm³/mol. The Balaban J connectivity index is 1.77. The monoisotopic (exact) mass is 383 g/mol. The number of aromatic nitrogens is 1. The number of fused-ring (bicyclic) bond motifs is 1. The molecule has 1 aromatic heterocycles. The Morgan fingerprint density at radius 3 is 2.25 bits per heavy atom. The Kier molecular flexibility index (Phi) is 4.69. The van der Waals surface area contributed by atoms with Gasteiger partial charge in [-0.3, -0.25) is 4.98 Å². The van der Waals surface area contributed by atoms with Gasteiger partial charge in [-0.25, -0.2) is 17.6 Å². The van der Waals surface area contributed by atoms with Crippen LogP contribution >= 0.6 is 0 Å². The van der Waals surface area contributed by atoms with Gasteiger partial charge in [0.2, 0.25) is 0 Å². The topological polar surface area (TPSA) is 22.1 Å². The van der Waals surface area contributed by atoms with E-state index < -0.39 is 41.0 Å². The van der Waals surface area contributed by atoms with Crippen LogP contribution in [0.5, 0.6) is 5.75 Å². The lowest BCUT2D eigenvalue weighted by Gasteiger charge is -2.14. The lowest BCUT2D eigenvalue weighted by atomic mass is 10.0. The van der Waals surface area contributed by atoms with E-state index in [0.717, 1.165) is 5.39 Å². The highest BCUT2D eigenvalue weighted by Gasteiger charge is 2.26. The first-order valence-corrected chi connectivity index (χ1v) is 8.44. The van der Waals surface area contributed by atoms with E-state index in [1.54, 1.807) is 54.7 Å². The SMILES string of the molecule is Fc1c(F)c(COc2cccc3cccnc23)c(F)c(-c2ccccc2)c1F. The number of nitrogens with zero attached hydrogens (tertiary/aromatic N) is 1. The molecule has 2 nitrogen and oxygen atoms in total. The maximum atomic E-state index is 14.9. The first kappa shape index (κ1) is 18.0. The molecule has 0 radical (unpaired) electrons.